The largest absolute Gasteiger partial charge is 0.394 e. The minimum atomic E-state index is -1.68. The van der Waals surface area contributed by atoms with Gasteiger partial charge in [-0.1, -0.05) is 57.9 Å². The maximum absolute atomic E-state index is 12.2. The summed E-state index contributed by atoms with van der Waals surface area (Å²) < 4.78 is 25.2. The van der Waals surface area contributed by atoms with Crippen molar-refractivity contribution in [2.24, 2.45) is 45.3 Å². The van der Waals surface area contributed by atoms with Crippen LogP contribution in [0.5, 0.6) is 0 Å². The molecule has 0 bridgehead atoms. The summed E-state index contributed by atoms with van der Waals surface area (Å²) in [6.07, 6.45) is -6.05. The molecule has 0 spiro atoms. The van der Waals surface area contributed by atoms with Gasteiger partial charge in [0.05, 0.1) is 31.0 Å². The average Bonchev–Trinajstić information content (AvgIpc) is 3.48. The Morgan fingerprint density at radius 3 is 2.09 bits per heavy atom. The lowest BCUT2D eigenvalue weighted by Crippen LogP contribution is -2.71. The molecule has 0 radical (unpaired) electrons. The van der Waals surface area contributed by atoms with Gasteiger partial charge in [0, 0.05) is 0 Å². The fourth-order valence-electron chi connectivity index (χ4n) is 12.9. The van der Waals surface area contributed by atoms with E-state index in [1.165, 1.54) is 18.1 Å². The standard InChI is InChI=1S/C42H70O12/c1-20(2)11-10-12-21(3)23-13-16-41(8)29(23)24(44)17-27-40(7)15-14-28(45)39(5,6)36(40)25(18-42(27,41)9)52-38-35(33(49)31(47)26(19-43)53-38)54-37-34(50)32(48)30(46)22(4)51-37/h11-12,22-38,43-50H,10,13-19H2,1-9H3/t22?,23?,24?,25?,26?,27?,28?,29?,30?,31?,32?,33?,34?,35?,36?,37?,38?,40-,41-,42-/m1/s1. The van der Waals surface area contributed by atoms with Crippen molar-refractivity contribution in [2.75, 3.05) is 6.61 Å². The summed E-state index contributed by atoms with van der Waals surface area (Å²) in [5.41, 5.74) is 1.01. The topological polar surface area (TPSA) is 199 Å². The molecule has 8 N–H and O–H groups in total. The second-order valence-electron chi connectivity index (χ2n) is 19.6. The van der Waals surface area contributed by atoms with Crippen LogP contribution in [0.3, 0.4) is 0 Å². The molecule has 2 heterocycles. The van der Waals surface area contributed by atoms with E-state index in [1.54, 1.807) is 0 Å². The van der Waals surface area contributed by atoms with Crippen molar-refractivity contribution < 1.29 is 59.8 Å². The Balaban J connectivity index is 1.39. The quantitative estimate of drug-likeness (QED) is 0.133. The molecule has 0 aromatic heterocycles. The molecule has 6 fully saturated rings. The highest BCUT2D eigenvalue weighted by Crippen LogP contribution is 2.76. The predicted molar refractivity (Wildman–Crippen MR) is 199 cm³/mol. The number of hydrogen-bond donors (Lipinski definition) is 8. The van der Waals surface area contributed by atoms with Crippen LogP contribution in [-0.4, -0.2) is 127 Å². The third kappa shape index (κ3) is 6.79. The number of aliphatic hydroxyl groups is 8. The van der Waals surface area contributed by atoms with E-state index in [9.17, 15) is 40.9 Å². The molecule has 6 rings (SSSR count). The molecule has 0 aromatic carbocycles. The first-order valence-corrected chi connectivity index (χ1v) is 20.4. The van der Waals surface area contributed by atoms with E-state index in [2.05, 4.69) is 67.5 Å². The Morgan fingerprint density at radius 1 is 0.759 bits per heavy atom. The molecule has 4 aliphatic carbocycles. The second kappa shape index (κ2) is 15.3. The van der Waals surface area contributed by atoms with Gasteiger partial charge in [-0.05, 0) is 118 Å². The number of fused-ring (bicyclic) bond motifs is 5. The molecule has 2 aliphatic heterocycles. The lowest BCUT2D eigenvalue weighted by atomic mass is 9.34. The molecule has 12 nitrogen and oxygen atoms in total. The van der Waals surface area contributed by atoms with Gasteiger partial charge in [-0.25, -0.2) is 0 Å². The van der Waals surface area contributed by atoms with Crippen molar-refractivity contribution in [3.8, 4) is 0 Å². The van der Waals surface area contributed by atoms with Crippen molar-refractivity contribution in [2.45, 2.75) is 187 Å². The summed E-state index contributed by atoms with van der Waals surface area (Å²) in [6.45, 7) is 18.5. The first-order chi connectivity index (χ1) is 25.1. The Labute approximate surface area is 321 Å². The minimum Gasteiger partial charge on any atom is -0.394 e. The van der Waals surface area contributed by atoms with Crippen LogP contribution in [0.25, 0.3) is 0 Å². The van der Waals surface area contributed by atoms with Gasteiger partial charge in [0.25, 0.3) is 0 Å². The van der Waals surface area contributed by atoms with Crippen LogP contribution in [0.1, 0.15) is 107 Å². The zero-order valence-electron chi connectivity index (χ0n) is 33.8. The fraction of sp³-hybridized carbons (Fsp3) is 0.905. The minimum absolute atomic E-state index is 0.0381. The number of allylic oxidation sites excluding steroid dienone is 4. The van der Waals surface area contributed by atoms with E-state index >= 15 is 0 Å². The van der Waals surface area contributed by atoms with E-state index in [4.69, 9.17) is 18.9 Å². The highest BCUT2D eigenvalue weighted by molar-refractivity contribution is 5.24. The molecule has 0 aromatic rings. The van der Waals surface area contributed by atoms with E-state index in [0.29, 0.717) is 19.3 Å². The number of rotatable bonds is 8. The van der Waals surface area contributed by atoms with Crippen LogP contribution in [0.2, 0.25) is 0 Å². The second-order valence-corrected chi connectivity index (χ2v) is 19.6. The molecule has 12 heteroatoms. The Hall–Kier alpha value is -1.00. The lowest BCUT2D eigenvalue weighted by Gasteiger charge is -2.72. The maximum atomic E-state index is 12.2. The third-order valence-electron chi connectivity index (χ3n) is 16.0. The molecule has 17 unspecified atom stereocenters. The summed E-state index contributed by atoms with van der Waals surface area (Å²) in [5.74, 6) is 0.165. The van der Waals surface area contributed by atoms with Crippen LogP contribution >= 0.6 is 0 Å². The molecule has 310 valence electrons. The van der Waals surface area contributed by atoms with E-state index in [1.807, 2.05) is 0 Å². The van der Waals surface area contributed by atoms with Crippen molar-refractivity contribution in [1.29, 1.82) is 0 Å². The Bertz CT molecular complexity index is 1400. The Morgan fingerprint density at radius 2 is 1.44 bits per heavy atom. The summed E-state index contributed by atoms with van der Waals surface area (Å²) in [7, 11) is 0. The monoisotopic (exact) mass is 766 g/mol. The van der Waals surface area contributed by atoms with Crippen LogP contribution in [-0.2, 0) is 18.9 Å². The zero-order chi connectivity index (χ0) is 39.9. The first kappa shape index (κ1) is 42.6. The van der Waals surface area contributed by atoms with Gasteiger partial charge >= 0.3 is 0 Å². The van der Waals surface area contributed by atoms with Gasteiger partial charge in [0.15, 0.2) is 12.6 Å². The predicted octanol–water partition coefficient (Wildman–Crippen LogP) is 2.95. The fourth-order valence-corrected chi connectivity index (χ4v) is 12.9. The summed E-state index contributed by atoms with van der Waals surface area (Å²) in [5, 5.41) is 88.2. The number of ether oxygens (including phenoxy) is 4. The number of aliphatic hydroxyl groups excluding tert-OH is 8. The first-order valence-electron chi connectivity index (χ1n) is 20.4. The summed E-state index contributed by atoms with van der Waals surface area (Å²) in [4.78, 5) is 0. The third-order valence-corrected chi connectivity index (χ3v) is 16.0. The molecule has 54 heavy (non-hydrogen) atoms. The zero-order valence-corrected chi connectivity index (χ0v) is 33.8. The molecular weight excluding hydrogens is 696 g/mol. The van der Waals surface area contributed by atoms with Crippen LogP contribution in [0, 0.1) is 45.3 Å². The number of hydrogen-bond acceptors (Lipinski definition) is 12. The van der Waals surface area contributed by atoms with Crippen LogP contribution < -0.4 is 0 Å². The van der Waals surface area contributed by atoms with Gasteiger partial charge in [-0.15, -0.1) is 0 Å². The van der Waals surface area contributed by atoms with Crippen molar-refractivity contribution in [3.05, 3.63) is 23.3 Å². The smallest absolute Gasteiger partial charge is 0.187 e. The maximum Gasteiger partial charge on any atom is 0.187 e. The molecule has 0 amide bonds. The normalized spacial score (nSPS) is 53.3. The Kier molecular flexibility index (Phi) is 12.1. The van der Waals surface area contributed by atoms with Gasteiger partial charge < -0.3 is 59.8 Å². The summed E-state index contributed by atoms with van der Waals surface area (Å²) in [6, 6.07) is 0. The van der Waals surface area contributed by atoms with Gasteiger partial charge in [-0.3, -0.25) is 0 Å². The van der Waals surface area contributed by atoms with Gasteiger partial charge in [-0.2, -0.15) is 0 Å². The molecule has 20 atom stereocenters. The van der Waals surface area contributed by atoms with Crippen molar-refractivity contribution in [3.63, 3.8) is 0 Å². The lowest BCUT2D eigenvalue weighted by molar-refractivity contribution is -0.381. The van der Waals surface area contributed by atoms with Crippen LogP contribution in [0.15, 0.2) is 23.3 Å². The van der Waals surface area contributed by atoms with Gasteiger partial charge in [0.1, 0.15) is 42.7 Å². The molecular formula is C42H70O12. The van der Waals surface area contributed by atoms with Crippen LogP contribution in [0.4, 0.5) is 0 Å². The SMILES string of the molecule is CC(C)=CCC=C(C)C1CC[C@]2(C)C1C(O)CC1[C@@]3(C)CCC(O)C(C)(C)C3C(OC3OC(CO)C(O)C(O)C3OC3OC(C)C(O)C(O)C3O)C[C@]12C. The highest BCUT2D eigenvalue weighted by Gasteiger charge is 2.73. The molecule has 4 saturated carbocycles. The van der Waals surface area contributed by atoms with Gasteiger partial charge in [0.2, 0.25) is 0 Å². The van der Waals surface area contributed by atoms with Crippen molar-refractivity contribution in [1.82, 2.24) is 0 Å². The van der Waals surface area contributed by atoms with E-state index in [-0.39, 0.29) is 39.9 Å². The highest BCUT2D eigenvalue weighted by atomic mass is 16.8. The molecule has 2 saturated heterocycles. The average molecular weight is 767 g/mol. The van der Waals surface area contributed by atoms with Crippen molar-refractivity contribution >= 4 is 0 Å². The van der Waals surface area contributed by atoms with E-state index < -0.39 is 91.7 Å². The molecule has 6 aliphatic rings. The van der Waals surface area contributed by atoms with E-state index in [0.717, 1.165) is 25.7 Å². The summed E-state index contributed by atoms with van der Waals surface area (Å²) >= 11 is 0.